The highest BCUT2D eigenvalue weighted by Crippen LogP contribution is 2.36. The van der Waals surface area contributed by atoms with Gasteiger partial charge in [0.25, 0.3) is 5.69 Å². The topological polar surface area (TPSA) is 64.4 Å². The lowest BCUT2D eigenvalue weighted by atomic mass is 10.3. The van der Waals surface area contributed by atoms with Crippen LogP contribution in [0.15, 0.2) is 24.3 Å². The van der Waals surface area contributed by atoms with Crippen LogP contribution in [-0.2, 0) is 0 Å². The van der Waals surface area contributed by atoms with Gasteiger partial charge in [-0.25, -0.2) is 0 Å². The van der Waals surface area contributed by atoms with Crippen LogP contribution >= 0.6 is 23.2 Å². The number of nitro benzene ring substituents is 1. The van der Waals surface area contributed by atoms with Crippen LogP contribution in [0.2, 0.25) is 10.0 Å². The van der Waals surface area contributed by atoms with Crippen molar-refractivity contribution in [1.82, 2.24) is 5.32 Å². The number of rotatable bonds is 7. The Bertz CT molecular complexity index is 521. The molecule has 0 unspecified atom stereocenters. The SMILES string of the molecule is C=C(CNC1CC1)COc1c(Cl)cc([N+](=O)[O-])cc1Cl. The number of halogens is 2. The van der Waals surface area contributed by atoms with E-state index in [4.69, 9.17) is 27.9 Å². The molecule has 1 aliphatic rings. The van der Waals surface area contributed by atoms with Crippen molar-refractivity contribution in [2.75, 3.05) is 13.2 Å². The first-order chi connectivity index (χ1) is 9.47. The third kappa shape index (κ3) is 4.10. The first-order valence-electron chi connectivity index (χ1n) is 6.13. The smallest absolute Gasteiger partial charge is 0.272 e. The van der Waals surface area contributed by atoms with Crippen LogP contribution in [-0.4, -0.2) is 24.1 Å². The molecule has 5 nitrogen and oxygen atoms in total. The summed E-state index contributed by atoms with van der Waals surface area (Å²) >= 11 is 11.9. The molecule has 1 fully saturated rings. The van der Waals surface area contributed by atoms with Crippen LogP contribution in [0.5, 0.6) is 5.75 Å². The summed E-state index contributed by atoms with van der Waals surface area (Å²) in [6.45, 7) is 4.83. The fraction of sp³-hybridized carbons (Fsp3) is 0.385. The number of nitrogens with zero attached hydrogens (tertiary/aromatic N) is 1. The van der Waals surface area contributed by atoms with Gasteiger partial charge in [-0.15, -0.1) is 0 Å². The van der Waals surface area contributed by atoms with Crippen molar-refractivity contribution in [1.29, 1.82) is 0 Å². The number of non-ortho nitro benzene ring substituents is 1. The number of ether oxygens (including phenoxy) is 1. The molecule has 1 aromatic carbocycles. The Hall–Kier alpha value is -1.30. The minimum Gasteiger partial charge on any atom is -0.486 e. The van der Waals surface area contributed by atoms with Gasteiger partial charge in [-0.2, -0.15) is 0 Å². The van der Waals surface area contributed by atoms with E-state index in [1.54, 1.807) is 0 Å². The number of hydrogen-bond donors (Lipinski definition) is 1. The maximum atomic E-state index is 10.7. The maximum absolute atomic E-state index is 10.7. The van der Waals surface area contributed by atoms with Gasteiger partial charge in [0.2, 0.25) is 0 Å². The maximum Gasteiger partial charge on any atom is 0.272 e. The first-order valence-corrected chi connectivity index (χ1v) is 6.89. The van der Waals surface area contributed by atoms with Gasteiger partial charge in [0.1, 0.15) is 6.61 Å². The van der Waals surface area contributed by atoms with Crippen molar-refractivity contribution in [2.24, 2.45) is 0 Å². The van der Waals surface area contributed by atoms with E-state index in [1.807, 2.05) is 0 Å². The molecule has 0 spiro atoms. The molecule has 0 atom stereocenters. The highest BCUT2D eigenvalue weighted by molar-refractivity contribution is 6.37. The second kappa shape index (κ2) is 6.43. The predicted octanol–water partition coefficient (Wildman–Crippen LogP) is 3.59. The van der Waals surface area contributed by atoms with Crippen molar-refractivity contribution in [3.63, 3.8) is 0 Å². The van der Waals surface area contributed by atoms with Gasteiger partial charge in [-0.05, 0) is 18.4 Å². The van der Waals surface area contributed by atoms with Crippen LogP contribution in [0.1, 0.15) is 12.8 Å². The molecule has 1 saturated carbocycles. The molecule has 0 saturated heterocycles. The zero-order chi connectivity index (χ0) is 14.7. The van der Waals surface area contributed by atoms with E-state index < -0.39 is 4.92 Å². The van der Waals surface area contributed by atoms with E-state index in [0.717, 1.165) is 5.57 Å². The lowest BCUT2D eigenvalue weighted by Crippen LogP contribution is -2.21. The Morgan fingerprint density at radius 2 is 2.05 bits per heavy atom. The van der Waals surface area contributed by atoms with Crippen molar-refractivity contribution >= 4 is 28.9 Å². The minimum absolute atomic E-state index is 0.118. The van der Waals surface area contributed by atoms with E-state index in [9.17, 15) is 10.1 Å². The molecule has 0 heterocycles. The van der Waals surface area contributed by atoms with E-state index in [1.165, 1.54) is 25.0 Å². The Labute approximate surface area is 126 Å². The van der Waals surface area contributed by atoms with Crippen molar-refractivity contribution in [3.8, 4) is 5.75 Å². The van der Waals surface area contributed by atoms with E-state index in [-0.39, 0.29) is 28.1 Å². The zero-order valence-corrected chi connectivity index (χ0v) is 12.2. The lowest BCUT2D eigenvalue weighted by molar-refractivity contribution is -0.384. The molecule has 2 rings (SSSR count). The third-order valence-corrected chi connectivity index (χ3v) is 3.39. The van der Waals surface area contributed by atoms with Crippen molar-refractivity contribution in [2.45, 2.75) is 18.9 Å². The van der Waals surface area contributed by atoms with Crippen LogP contribution in [0.4, 0.5) is 5.69 Å². The number of benzene rings is 1. The van der Waals surface area contributed by atoms with Gasteiger partial charge in [-0.1, -0.05) is 29.8 Å². The highest BCUT2D eigenvalue weighted by atomic mass is 35.5. The largest absolute Gasteiger partial charge is 0.486 e. The van der Waals surface area contributed by atoms with Crippen molar-refractivity contribution in [3.05, 3.63) is 44.4 Å². The van der Waals surface area contributed by atoms with E-state index in [0.29, 0.717) is 12.6 Å². The summed E-state index contributed by atoms with van der Waals surface area (Å²) in [6.07, 6.45) is 2.41. The standard InChI is InChI=1S/C13H14Cl2N2O3/c1-8(6-16-9-2-3-9)7-20-13-11(14)4-10(17(18)19)5-12(13)15/h4-5,9,16H,1-3,6-7H2. The molecule has 0 aromatic heterocycles. The molecule has 1 N–H and O–H groups in total. The molecule has 7 heteroatoms. The zero-order valence-electron chi connectivity index (χ0n) is 10.7. The van der Waals surface area contributed by atoms with Crippen LogP contribution < -0.4 is 10.1 Å². The molecule has 0 bridgehead atoms. The van der Waals surface area contributed by atoms with Gasteiger partial charge in [-0.3, -0.25) is 10.1 Å². The van der Waals surface area contributed by atoms with E-state index >= 15 is 0 Å². The minimum atomic E-state index is -0.556. The Kier molecular flexibility index (Phi) is 4.86. The Morgan fingerprint density at radius 3 is 2.55 bits per heavy atom. The second-order valence-corrected chi connectivity index (χ2v) is 5.50. The highest BCUT2D eigenvalue weighted by Gasteiger charge is 2.20. The molecule has 0 aliphatic heterocycles. The lowest BCUT2D eigenvalue weighted by Gasteiger charge is -2.12. The molecular weight excluding hydrogens is 303 g/mol. The van der Waals surface area contributed by atoms with Crippen LogP contribution in [0.3, 0.4) is 0 Å². The number of nitro groups is 1. The monoisotopic (exact) mass is 316 g/mol. The number of nitrogens with one attached hydrogen (secondary N) is 1. The second-order valence-electron chi connectivity index (χ2n) is 4.69. The normalized spacial score (nSPS) is 14.1. The van der Waals surface area contributed by atoms with Crippen LogP contribution in [0.25, 0.3) is 0 Å². The molecule has 0 radical (unpaired) electrons. The molecule has 1 aromatic rings. The van der Waals surface area contributed by atoms with Gasteiger partial charge in [0, 0.05) is 24.7 Å². The fourth-order valence-electron chi connectivity index (χ4n) is 1.59. The predicted molar refractivity (Wildman–Crippen MR) is 78.8 cm³/mol. The fourth-order valence-corrected chi connectivity index (χ4v) is 2.18. The molecule has 20 heavy (non-hydrogen) atoms. The van der Waals surface area contributed by atoms with Gasteiger partial charge < -0.3 is 10.1 Å². The molecular formula is C13H14Cl2N2O3. The average molecular weight is 317 g/mol. The summed E-state index contributed by atoms with van der Waals surface area (Å²) < 4.78 is 5.49. The van der Waals surface area contributed by atoms with Gasteiger partial charge in [0.05, 0.1) is 15.0 Å². The summed E-state index contributed by atoms with van der Waals surface area (Å²) in [5, 5.41) is 14.2. The summed E-state index contributed by atoms with van der Waals surface area (Å²) in [7, 11) is 0. The average Bonchev–Trinajstić information content (AvgIpc) is 3.19. The molecule has 0 amide bonds. The molecule has 108 valence electrons. The summed E-state index contributed by atoms with van der Waals surface area (Å²) in [5.41, 5.74) is 0.698. The summed E-state index contributed by atoms with van der Waals surface area (Å²) in [4.78, 5) is 10.1. The summed E-state index contributed by atoms with van der Waals surface area (Å²) in [6, 6.07) is 3.03. The first kappa shape index (κ1) is 15.1. The Balaban J connectivity index is 1.94. The van der Waals surface area contributed by atoms with Gasteiger partial charge >= 0.3 is 0 Å². The third-order valence-electron chi connectivity index (χ3n) is 2.83. The van der Waals surface area contributed by atoms with E-state index in [2.05, 4.69) is 11.9 Å². The quantitative estimate of drug-likeness (QED) is 0.474. The van der Waals surface area contributed by atoms with Gasteiger partial charge in [0.15, 0.2) is 5.75 Å². The summed E-state index contributed by atoms with van der Waals surface area (Å²) in [5.74, 6) is 0.242. The number of hydrogen-bond acceptors (Lipinski definition) is 4. The van der Waals surface area contributed by atoms with Crippen LogP contribution in [0, 0.1) is 10.1 Å². The Morgan fingerprint density at radius 1 is 1.45 bits per heavy atom. The molecule has 1 aliphatic carbocycles. The van der Waals surface area contributed by atoms with Crippen molar-refractivity contribution < 1.29 is 9.66 Å².